The van der Waals surface area contributed by atoms with Gasteiger partial charge in [0.1, 0.15) is 5.75 Å². The Hall–Kier alpha value is -1.23. The zero-order valence-electron chi connectivity index (χ0n) is 13.2. The Labute approximate surface area is 156 Å². The zero-order chi connectivity index (χ0) is 16.9. The van der Waals surface area contributed by atoms with Crippen molar-refractivity contribution in [2.45, 2.75) is 31.7 Å². The van der Waals surface area contributed by atoms with Crippen LogP contribution in [0.15, 0.2) is 35.7 Å². The molecule has 0 bridgehead atoms. The maximum atomic E-state index is 12.5. The molecule has 3 nitrogen and oxygen atoms in total. The monoisotopic (exact) mass is 383 g/mol. The van der Waals surface area contributed by atoms with E-state index in [9.17, 15) is 4.79 Å². The van der Waals surface area contributed by atoms with E-state index in [0.29, 0.717) is 35.2 Å². The summed E-state index contributed by atoms with van der Waals surface area (Å²) in [5, 5.41) is 3.14. The minimum Gasteiger partial charge on any atom is -0.492 e. The molecule has 1 aliphatic rings. The van der Waals surface area contributed by atoms with Crippen LogP contribution < -0.4 is 4.74 Å². The van der Waals surface area contributed by atoms with Gasteiger partial charge in [0.25, 0.3) is 0 Å². The second-order valence-corrected chi connectivity index (χ2v) is 7.61. The van der Waals surface area contributed by atoms with Crippen molar-refractivity contribution in [3.63, 3.8) is 0 Å². The Bertz CT molecular complexity index is 690. The Kier molecular flexibility index (Phi) is 6.04. The summed E-state index contributed by atoms with van der Waals surface area (Å²) in [4.78, 5) is 15.8. The van der Waals surface area contributed by atoms with E-state index in [2.05, 4.69) is 11.4 Å². The van der Waals surface area contributed by atoms with Crippen molar-refractivity contribution in [2.75, 3.05) is 13.2 Å². The van der Waals surface area contributed by atoms with Crippen molar-refractivity contribution < 1.29 is 9.53 Å². The van der Waals surface area contributed by atoms with Gasteiger partial charge in [0.2, 0.25) is 5.91 Å². The van der Waals surface area contributed by atoms with Crippen LogP contribution in [0.1, 0.15) is 36.6 Å². The number of carbonyl (C=O) groups excluding carboxylic acids is 1. The van der Waals surface area contributed by atoms with Gasteiger partial charge in [-0.05, 0) is 48.9 Å². The summed E-state index contributed by atoms with van der Waals surface area (Å²) in [5.74, 6) is 0.808. The molecule has 128 valence electrons. The number of hydrogen-bond acceptors (Lipinski definition) is 3. The van der Waals surface area contributed by atoms with E-state index in [-0.39, 0.29) is 11.9 Å². The zero-order valence-corrected chi connectivity index (χ0v) is 15.5. The lowest BCUT2D eigenvalue weighted by atomic mass is 10.2. The molecule has 0 spiro atoms. The number of rotatable bonds is 6. The molecule has 0 radical (unpaired) electrons. The Morgan fingerprint density at radius 1 is 1.33 bits per heavy atom. The van der Waals surface area contributed by atoms with Gasteiger partial charge in [-0.1, -0.05) is 29.3 Å². The average molecular weight is 384 g/mol. The van der Waals surface area contributed by atoms with Gasteiger partial charge < -0.3 is 9.64 Å². The molecule has 0 aliphatic carbocycles. The Morgan fingerprint density at radius 3 is 2.96 bits per heavy atom. The van der Waals surface area contributed by atoms with E-state index < -0.39 is 0 Å². The van der Waals surface area contributed by atoms with Crippen molar-refractivity contribution in [2.24, 2.45) is 0 Å². The van der Waals surface area contributed by atoms with Gasteiger partial charge in [-0.3, -0.25) is 4.79 Å². The number of carbonyl (C=O) groups is 1. The maximum absolute atomic E-state index is 12.5. The minimum absolute atomic E-state index is 0.205. The molecule has 6 heteroatoms. The van der Waals surface area contributed by atoms with Crippen molar-refractivity contribution >= 4 is 40.4 Å². The van der Waals surface area contributed by atoms with Crippen LogP contribution in [0.2, 0.25) is 10.0 Å². The van der Waals surface area contributed by atoms with Gasteiger partial charge in [0, 0.05) is 22.9 Å². The molecule has 24 heavy (non-hydrogen) atoms. The summed E-state index contributed by atoms with van der Waals surface area (Å²) in [7, 11) is 0. The third-order valence-electron chi connectivity index (χ3n) is 4.13. The number of ether oxygens (including phenoxy) is 1. The van der Waals surface area contributed by atoms with Crippen LogP contribution in [0, 0.1) is 0 Å². The van der Waals surface area contributed by atoms with Crippen molar-refractivity contribution in [1.29, 1.82) is 0 Å². The van der Waals surface area contributed by atoms with Crippen molar-refractivity contribution in [3.05, 3.63) is 50.6 Å². The molecule has 1 atom stereocenters. The number of benzene rings is 1. The van der Waals surface area contributed by atoms with Crippen molar-refractivity contribution in [1.82, 2.24) is 4.90 Å². The molecule has 1 aromatic carbocycles. The molecule has 2 heterocycles. The van der Waals surface area contributed by atoms with Crippen LogP contribution in [0.25, 0.3) is 0 Å². The first-order valence-electron chi connectivity index (χ1n) is 8.06. The van der Waals surface area contributed by atoms with Crippen LogP contribution >= 0.6 is 34.5 Å². The summed E-state index contributed by atoms with van der Waals surface area (Å²) in [6.45, 7) is 1.32. The third kappa shape index (κ3) is 4.24. The molecule has 1 aliphatic heterocycles. The second kappa shape index (κ2) is 8.24. The average Bonchev–Trinajstić information content (AvgIpc) is 3.23. The molecule has 1 saturated heterocycles. The second-order valence-electron chi connectivity index (χ2n) is 5.79. The molecule has 0 saturated carbocycles. The summed E-state index contributed by atoms with van der Waals surface area (Å²) in [6.07, 6.45) is 3.30. The number of hydrogen-bond donors (Lipinski definition) is 0. The van der Waals surface area contributed by atoms with Crippen LogP contribution in [-0.4, -0.2) is 24.0 Å². The van der Waals surface area contributed by atoms with Gasteiger partial charge >= 0.3 is 0 Å². The molecule has 1 unspecified atom stereocenters. The molecule has 3 rings (SSSR count). The highest BCUT2D eigenvalue weighted by Crippen LogP contribution is 2.35. The number of halogens is 2. The van der Waals surface area contributed by atoms with E-state index >= 15 is 0 Å². The van der Waals surface area contributed by atoms with Gasteiger partial charge in [-0.2, -0.15) is 0 Å². The van der Waals surface area contributed by atoms with Gasteiger partial charge in [-0.25, -0.2) is 0 Å². The first kappa shape index (κ1) is 17.6. The topological polar surface area (TPSA) is 29.5 Å². The lowest BCUT2D eigenvalue weighted by Gasteiger charge is -2.24. The van der Waals surface area contributed by atoms with Gasteiger partial charge in [0.05, 0.1) is 17.7 Å². The van der Waals surface area contributed by atoms with Crippen LogP contribution in [0.4, 0.5) is 0 Å². The smallest absolute Gasteiger partial charge is 0.223 e. The van der Waals surface area contributed by atoms with Crippen LogP contribution in [0.5, 0.6) is 5.75 Å². The predicted molar refractivity (Wildman–Crippen MR) is 99.2 cm³/mol. The van der Waals surface area contributed by atoms with E-state index in [1.807, 2.05) is 11.0 Å². The van der Waals surface area contributed by atoms with Gasteiger partial charge in [-0.15, -0.1) is 11.3 Å². The van der Waals surface area contributed by atoms with E-state index in [1.54, 1.807) is 29.5 Å². The Morgan fingerprint density at radius 2 is 2.21 bits per heavy atom. The van der Waals surface area contributed by atoms with Crippen LogP contribution in [0.3, 0.4) is 0 Å². The summed E-state index contributed by atoms with van der Waals surface area (Å²) < 4.78 is 5.64. The fourth-order valence-electron chi connectivity index (χ4n) is 2.98. The summed E-state index contributed by atoms with van der Waals surface area (Å²) in [6, 6.07) is 9.56. The molecule has 2 aromatic rings. The molecule has 1 aromatic heterocycles. The van der Waals surface area contributed by atoms with E-state index in [0.717, 1.165) is 19.4 Å². The lowest BCUT2D eigenvalue weighted by molar-refractivity contribution is -0.132. The lowest BCUT2D eigenvalue weighted by Crippen LogP contribution is -2.30. The summed E-state index contributed by atoms with van der Waals surface area (Å²) in [5.41, 5.74) is 0. The summed E-state index contributed by atoms with van der Waals surface area (Å²) >= 11 is 13.7. The highest BCUT2D eigenvalue weighted by atomic mass is 35.5. The molecular weight excluding hydrogens is 365 g/mol. The van der Waals surface area contributed by atoms with Crippen LogP contribution in [-0.2, 0) is 4.79 Å². The van der Waals surface area contributed by atoms with E-state index in [1.165, 1.54) is 4.88 Å². The molecule has 0 N–H and O–H groups in total. The Balaban J connectivity index is 1.47. The number of likely N-dealkylation sites (tertiary alicyclic amines) is 1. The normalized spacial score (nSPS) is 17.2. The largest absolute Gasteiger partial charge is 0.492 e. The standard InChI is InChI=1S/C18H19Cl2NO2S/c19-13-7-8-16(14(20)12-13)23-10-2-6-18(22)21-9-1-4-15(21)17-5-3-11-24-17/h3,5,7-8,11-12,15H,1-2,4,6,9-10H2. The first-order chi connectivity index (χ1) is 11.6. The molecule has 1 amide bonds. The number of thiophene rings is 1. The highest BCUT2D eigenvalue weighted by Gasteiger charge is 2.29. The van der Waals surface area contributed by atoms with Gasteiger partial charge in [0.15, 0.2) is 0 Å². The molecule has 1 fully saturated rings. The number of amides is 1. The van der Waals surface area contributed by atoms with E-state index in [4.69, 9.17) is 27.9 Å². The minimum atomic E-state index is 0.205. The fourth-order valence-corrected chi connectivity index (χ4v) is 4.32. The molecular formula is C18H19Cl2NO2S. The predicted octanol–water partition coefficient (Wildman–Crippen LogP) is 5.58. The maximum Gasteiger partial charge on any atom is 0.223 e. The first-order valence-corrected chi connectivity index (χ1v) is 9.69. The quantitative estimate of drug-likeness (QED) is 0.609. The fraction of sp³-hybridized carbons (Fsp3) is 0.389. The highest BCUT2D eigenvalue weighted by molar-refractivity contribution is 7.10. The SMILES string of the molecule is O=C(CCCOc1ccc(Cl)cc1Cl)N1CCCC1c1cccs1. The number of nitrogens with zero attached hydrogens (tertiary/aromatic N) is 1. The van der Waals surface area contributed by atoms with Crippen molar-refractivity contribution in [3.8, 4) is 5.75 Å². The third-order valence-corrected chi connectivity index (χ3v) is 5.64.